The number of carbonyl (C=O) groups excluding carboxylic acids is 1. The van der Waals surface area contributed by atoms with Crippen LogP contribution in [0, 0.1) is 0 Å². The van der Waals surface area contributed by atoms with Crippen molar-refractivity contribution in [1.82, 2.24) is 9.80 Å². The Kier molecular flexibility index (Phi) is 4.29. The third-order valence-corrected chi connectivity index (χ3v) is 5.19. The lowest BCUT2D eigenvalue weighted by Gasteiger charge is -2.51. The molecular weight excluding hydrogens is 254 g/mol. The molecular formula is C15H27N3O2. The van der Waals surface area contributed by atoms with Crippen molar-refractivity contribution in [2.75, 3.05) is 26.3 Å². The molecule has 5 nitrogen and oxygen atoms in total. The first-order valence-corrected chi connectivity index (χ1v) is 8.06. The molecule has 0 aromatic carbocycles. The molecule has 3 aliphatic rings. The predicted molar refractivity (Wildman–Crippen MR) is 77.3 cm³/mol. The van der Waals surface area contributed by atoms with Gasteiger partial charge in [0.15, 0.2) is 0 Å². The molecule has 0 aliphatic carbocycles. The Morgan fingerprint density at radius 3 is 2.40 bits per heavy atom. The highest BCUT2D eigenvalue weighted by atomic mass is 16.5. The molecule has 3 heterocycles. The van der Waals surface area contributed by atoms with E-state index in [2.05, 4.69) is 11.8 Å². The number of fused-ring (bicyclic) bond motifs is 2. The van der Waals surface area contributed by atoms with Crippen LogP contribution >= 0.6 is 0 Å². The Labute approximate surface area is 121 Å². The van der Waals surface area contributed by atoms with E-state index in [1.165, 1.54) is 19.3 Å². The molecule has 3 aliphatic heterocycles. The number of hydrogen-bond acceptors (Lipinski definition) is 4. The lowest BCUT2D eigenvalue weighted by molar-refractivity contribution is -0.145. The fourth-order valence-corrected chi connectivity index (χ4v) is 4.27. The summed E-state index contributed by atoms with van der Waals surface area (Å²) in [4.78, 5) is 17.2. The van der Waals surface area contributed by atoms with Crippen molar-refractivity contribution in [2.24, 2.45) is 5.73 Å². The number of hydrogen-bond donors (Lipinski definition) is 1. The Morgan fingerprint density at radius 2 is 1.80 bits per heavy atom. The first-order valence-electron chi connectivity index (χ1n) is 8.06. The number of nitrogens with zero attached hydrogens (tertiary/aromatic N) is 2. The van der Waals surface area contributed by atoms with Crippen molar-refractivity contribution < 1.29 is 9.53 Å². The van der Waals surface area contributed by atoms with Crippen LogP contribution < -0.4 is 5.73 Å². The van der Waals surface area contributed by atoms with Gasteiger partial charge in [-0.05, 0) is 32.6 Å². The number of rotatable bonds is 2. The topological polar surface area (TPSA) is 58.8 Å². The number of piperidine rings is 2. The van der Waals surface area contributed by atoms with Gasteiger partial charge in [-0.25, -0.2) is 0 Å². The Balaban J connectivity index is 1.69. The molecule has 0 radical (unpaired) electrons. The summed E-state index contributed by atoms with van der Waals surface area (Å²) in [6, 6.07) is 1.35. The first-order chi connectivity index (χ1) is 9.66. The fraction of sp³-hybridized carbons (Fsp3) is 0.933. The number of morpholine rings is 1. The van der Waals surface area contributed by atoms with Crippen molar-refractivity contribution in [3.05, 3.63) is 0 Å². The van der Waals surface area contributed by atoms with E-state index in [0.717, 1.165) is 25.9 Å². The largest absolute Gasteiger partial charge is 0.378 e. The monoisotopic (exact) mass is 281 g/mol. The third-order valence-electron chi connectivity index (χ3n) is 5.19. The van der Waals surface area contributed by atoms with Gasteiger partial charge < -0.3 is 15.4 Å². The van der Waals surface area contributed by atoms with Crippen LogP contribution in [-0.2, 0) is 9.53 Å². The van der Waals surface area contributed by atoms with E-state index < -0.39 is 0 Å². The second-order valence-electron chi connectivity index (χ2n) is 6.53. The first kappa shape index (κ1) is 14.3. The second-order valence-corrected chi connectivity index (χ2v) is 6.53. The maximum atomic E-state index is 12.7. The molecule has 20 heavy (non-hydrogen) atoms. The van der Waals surface area contributed by atoms with E-state index >= 15 is 0 Å². The van der Waals surface area contributed by atoms with Crippen LogP contribution in [0.4, 0.5) is 0 Å². The van der Waals surface area contributed by atoms with E-state index in [1.54, 1.807) is 0 Å². The molecule has 5 heteroatoms. The Bertz CT molecular complexity index is 343. The molecule has 3 fully saturated rings. The molecule has 0 aromatic heterocycles. The average Bonchev–Trinajstić information content (AvgIpc) is 2.46. The van der Waals surface area contributed by atoms with Crippen LogP contribution in [0.3, 0.4) is 0 Å². The summed E-state index contributed by atoms with van der Waals surface area (Å²) in [5, 5.41) is 0. The number of nitrogens with two attached hydrogens (primary N) is 1. The van der Waals surface area contributed by atoms with Gasteiger partial charge in [-0.3, -0.25) is 9.69 Å². The van der Waals surface area contributed by atoms with Crippen molar-refractivity contribution in [3.63, 3.8) is 0 Å². The SMILES string of the molecule is CC(C(=O)N1CCOCC1)N1C2CCCC1CC(N)C2. The molecule has 114 valence electrons. The lowest BCUT2D eigenvalue weighted by atomic mass is 9.81. The van der Waals surface area contributed by atoms with Crippen LogP contribution in [0.5, 0.6) is 0 Å². The van der Waals surface area contributed by atoms with Gasteiger partial charge in [0.05, 0.1) is 19.3 Å². The predicted octanol–water partition coefficient (Wildman–Crippen LogP) is 0.578. The third kappa shape index (κ3) is 2.71. The zero-order chi connectivity index (χ0) is 14.1. The summed E-state index contributed by atoms with van der Waals surface area (Å²) >= 11 is 0. The summed E-state index contributed by atoms with van der Waals surface area (Å²) in [5.41, 5.74) is 6.17. The molecule has 3 rings (SSSR count). The normalized spacial score (nSPS) is 36.7. The molecule has 0 spiro atoms. The highest BCUT2D eigenvalue weighted by Crippen LogP contribution is 2.35. The van der Waals surface area contributed by atoms with Gasteiger partial charge in [-0.1, -0.05) is 6.42 Å². The van der Waals surface area contributed by atoms with E-state index in [9.17, 15) is 4.79 Å². The summed E-state index contributed by atoms with van der Waals surface area (Å²) in [7, 11) is 0. The van der Waals surface area contributed by atoms with Gasteiger partial charge >= 0.3 is 0 Å². The van der Waals surface area contributed by atoms with Crippen LogP contribution in [0.1, 0.15) is 39.0 Å². The van der Waals surface area contributed by atoms with Gasteiger partial charge in [-0.2, -0.15) is 0 Å². The van der Waals surface area contributed by atoms with Crippen molar-refractivity contribution in [3.8, 4) is 0 Å². The van der Waals surface area contributed by atoms with Crippen LogP contribution in [-0.4, -0.2) is 66.2 Å². The average molecular weight is 281 g/mol. The standard InChI is InChI=1S/C15H27N3O2/c1-11(15(19)17-5-7-20-8-6-17)18-13-3-2-4-14(18)10-12(16)9-13/h11-14H,2-10,16H2,1H3. The lowest BCUT2D eigenvalue weighted by Crippen LogP contribution is -2.62. The molecule has 3 unspecified atom stereocenters. The van der Waals surface area contributed by atoms with Gasteiger partial charge in [-0.15, -0.1) is 0 Å². The molecule has 0 aromatic rings. The molecule has 1 amide bonds. The highest BCUT2D eigenvalue weighted by molar-refractivity contribution is 5.81. The molecule has 2 N–H and O–H groups in total. The zero-order valence-electron chi connectivity index (χ0n) is 12.5. The smallest absolute Gasteiger partial charge is 0.239 e. The quantitative estimate of drug-likeness (QED) is 0.804. The maximum Gasteiger partial charge on any atom is 0.239 e. The number of amides is 1. The fourth-order valence-electron chi connectivity index (χ4n) is 4.27. The zero-order valence-corrected chi connectivity index (χ0v) is 12.5. The summed E-state index contributed by atoms with van der Waals surface area (Å²) in [6.45, 7) is 4.92. The highest BCUT2D eigenvalue weighted by Gasteiger charge is 2.42. The van der Waals surface area contributed by atoms with E-state index in [0.29, 0.717) is 31.3 Å². The van der Waals surface area contributed by atoms with Crippen LogP contribution in [0.25, 0.3) is 0 Å². The van der Waals surface area contributed by atoms with Gasteiger partial charge in [0, 0.05) is 31.2 Å². The number of carbonyl (C=O) groups is 1. The molecule has 2 bridgehead atoms. The van der Waals surface area contributed by atoms with Crippen molar-refractivity contribution >= 4 is 5.91 Å². The Hall–Kier alpha value is -0.650. The van der Waals surface area contributed by atoms with Gasteiger partial charge in [0.1, 0.15) is 0 Å². The minimum absolute atomic E-state index is 0.00380. The summed E-state index contributed by atoms with van der Waals surface area (Å²) in [5.74, 6) is 0.278. The van der Waals surface area contributed by atoms with E-state index in [4.69, 9.17) is 10.5 Å². The minimum atomic E-state index is -0.00380. The van der Waals surface area contributed by atoms with Crippen LogP contribution in [0.15, 0.2) is 0 Å². The van der Waals surface area contributed by atoms with Crippen molar-refractivity contribution in [1.29, 1.82) is 0 Å². The van der Waals surface area contributed by atoms with Crippen LogP contribution in [0.2, 0.25) is 0 Å². The van der Waals surface area contributed by atoms with Gasteiger partial charge in [0.2, 0.25) is 5.91 Å². The van der Waals surface area contributed by atoms with Gasteiger partial charge in [0.25, 0.3) is 0 Å². The second kappa shape index (κ2) is 6.00. The van der Waals surface area contributed by atoms with E-state index in [1.807, 2.05) is 4.90 Å². The van der Waals surface area contributed by atoms with Crippen molar-refractivity contribution in [2.45, 2.75) is 63.2 Å². The van der Waals surface area contributed by atoms with E-state index in [-0.39, 0.29) is 11.9 Å². The molecule has 0 saturated carbocycles. The summed E-state index contributed by atoms with van der Waals surface area (Å²) < 4.78 is 5.34. The maximum absolute atomic E-state index is 12.7. The minimum Gasteiger partial charge on any atom is -0.378 e. The molecule has 3 saturated heterocycles. The number of ether oxygens (including phenoxy) is 1. The Morgan fingerprint density at radius 1 is 1.20 bits per heavy atom. The molecule has 3 atom stereocenters. The summed E-state index contributed by atoms with van der Waals surface area (Å²) in [6.07, 6.45) is 5.79.